The quantitative estimate of drug-likeness (QED) is 0.321. The number of rotatable bonds is 9. The maximum atomic E-state index is 6.41. The van der Waals surface area contributed by atoms with Gasteiger partial charge in [0.05, 0.1) is 6.21 Å². The first-order chi connectivity index (χ1) is 13.1. The van der Waals surface area contributed by atoms with Gasteiger partial charge < -0.3 is 14.3 Å². The number of oxime groups is 1. The Bertz CT molecular complexity index is 773. The second-order valence-electron chi connectivity index (χ2n) is 6.37. The minimum Gasteiger partial charge on any atom is -0.490 e. The van der Waals surface area contributed by atoms with Crippen molar-refractivity contribution in [3.63, 3.8) is 0 Å². The Morgan fingerprint density at radius 2 is 1.85 bits per heavy atom. The van der Waals surface area contributed by atoms with Crippen molar-refractivity contribution in [2.45, 2.75) is 40.2 Å². The Kier molecular flexibility index (Phi) is 7.93. The van der Waals surface area contributed by atoms with Crippen molar-refractivity contribution in [2.75, 3.05) is 13.7 Å². The van der Waals surface area contributed by atoms with E-state index in [1.165, 1.54) is 7.11 Å². The van der Waals surface area contributed by atoms with Crippen LogP contribution in [0.15, 0.2) is 53.7 Å². The summed E-state index contributed by atoms with van der Waals surface area (Å²) in [6.45, 7) is 8.79. The molecule has 0 saturated heterocycles. The van der Waals surface area contributed by atoms with Crippen LogP contribution in [-0.4, -0.2) is 19.9 Å². The summed E-state index contributed by atoms with van der Waals surface area (Å²) in [6.07, 6.45) is 6.50. The number of hydrogen-bond donors (Lipinski definition) is 0. The van der Waals surface area contributed by atoms with Gasteiger partial charge >= 0.3 is 0 Å². The standard InChI is InChI=1S/C23H29NO3/c1-6-8-12-26-21-13-17(3)23(18(4)14-21)27-22(7-2)20-11-9-10-19(15-20)16-24-25-5/h6,8-11,13-16,22H,7,12H2,1-5H3/b8-6+,24-16+. The zero-order valence-electron chi connectivity index (χ0n) is 16.9. The van der Waals surface area contributed by atoms with Gasteiger partial charge in [0.2, 0.25) is 0 Å². The molecule has 0 spiro atoms. The van der Waals surface area contributed by atoms with E-state index in [0.717, 1.165) is 40.2 Å². The fraction of sp³-hybridized carbons (Fsp3) is 0.348. The van der Waals surface area contributed by atoms with Gasteiger partial charge in [-0.2, -0.15) is 0 Å². The molecular weight excluding hydrogens is 338 g/mol. The first-order valence-corrected chi connectivity index (χ1v) is 9.27. The number of hydrogen-bond acceptors (Lipinski definition) is 4. The van der Waals surface area contributed by atoms with Crippen molar-refractivity contribution in [2.24, 2.45) is 5.16 Å². The molecule has 2 aromatic rings. The number of allylic oxidation sites excluding steroid dienone is 1. The molecule has 144 valence electrons. The van der Waals surface area contributed by atoms with E-state index in [-0.39, 0.29) is 6.10 Å². The molecule has 0 aromatic heterocycles. The van der Waals surface area contributed by atoms with E-state index in [2.05, 4.69) is 38.1 Å². The summed E-state index contributed by atoms with van der Waals surface area (Å²) in [5, 5.41) is 3.84. The predicted molar refractivity (Wildman–Crippen MR) is 111 cm³/mol. The van der Waals surface area contributed by atoms with Gasteiger partial charge in [0.1, 0.15) is 31.3 Å². The van der Waals surface area contributed by atoms with E-state index < -0.39 is 0 Å². The third-order valence-corrected chi connectivity index (χ3v) is 4.24. The maximum absolute atomic E-state index is 6.41. The van der Waals surface area contributed by atoms with Crippen molar-refractivity contribution in [1.29, 1.82) is 0 Å². The Morgan fingerprint density at radius 1 is 1.11 bits per heavy atom. The van der Waals surface area contributed by atoms with Crippen LogP contribution in [-0.2, 0) is 4.84 Å². The Hall–Kier alpha value is -2.75. The minimum absolute atomic E-state index is 0.0342. The van der Waals surface area contributed by atoms with Gasteiger partial charge in [0.15, 0.2) is 0 Å². The molecule has 2 rings (SSSR count). The van der Waals surface area contributed by atoms with E-state index >= 15 is 0 Å². The third kappa shape index (κ3) is 5.88. The molecule has 0 aliphatic rings. The average Bonchev–Trinajstić information content (AvgIpc) is 2.66. The highest BCUT2D eigenvalue weighted by Crippen LogP contribution is 2.33. The number of aryl methyl sites for hydroxylation is 2. The van der Waals surface area contributed by atoms with Crippen LogP contribution in [0.3, 0.4) is 0 Å². The fourth-order valence-electron chi connectivity index (χ4n) is 2.90. The van der Waals surface area contributed by atoms with Gasteiger partial charge in [0, 0.05) is 0 Å². The highest BCUT2D eigenvalue weighted by molar-refractivity contribution is 5.79. The van der Waals surface area contributed by atoms with Crippen LogP contribution >= 0.6 is 0 Å². The lowest BCUT2D eigenvalue weighted by Gasteiger charge is -2.22. The first-order valence-electron chi connectivity index (χ1n) is 9.27. The number of benzene rings is 2. The average molecular weight is 367 g/mol. The van der Waals surface area contributed by atoms with Crippen LogP contribution < -0.4 is 9.47 Å². The fourth-order valence-corrected chi connectivity index (χ4v) is 2.90. The molecule has 0 bridgehead atoms. The predicted octanol–water partition coefficient (Wildman–Crippen LogP) is 5.77. The molecule has 0 radical (unpaired) electrons. The summed E-state index contributed by atoms with van der Waals surface area (Å²) < 4.78 is 12.2. The van der Waals surface area contributed by atoms with E-state index in [4.69, 9.17) is 14.3 Å². The van der Waals surface area contributed by atoms with E-state index in [1.54, 1.807) is 6.21 Å². The second kappa shape index (κ2) is 10.4. The molecule has 1 unspecified atom stereocenters. The van der Waals surface area contributed by atoms with Crippen molar-refractivity contribution in [1.82, 2.24) is 0 Å². The van der Waals surface area contributed by atoms with E-state index in [1.807, 2.05) is 43.3 Å². The van der Waals surface area contributed by atoms with E-state index in [9.17, 15) is 0 Å². The molecule has 0 amide bonds. The van der Waals surface area contributed by atoms with Crippen LogP contribution in [0.1, 0.15) is 48.6 Å². The topological polar surface area (TPSA) is 40.0 Å². The number of ether oxygens (including phenoxy) is 2. The molecule has 0 heterocycles. The van der Waals surface area contributed by atoms with Crippen LogP contribution in [0, 0.1) is 13.8 Å². The highest BCUT2D eigenvalue weighted by Gasteiger charge is 2.15. The van der Waals surface area contributed by atoms with Crippen LogP contribution in [0.5, 0.6) is 11.5 Å². The summed E-state index contributed by atoms with van der Waals surface area (Å²) in [5.74, 6) is 1.78. The lowest BCUT2D eigenvalue weighted by molar-refractivity contribution is 0.198. The minimum atomic E-state index is -0.0342. The van der Waals surface area contributed by atoms with Gasteiger partial charge in [-0.3, -0.25) is 0 Å². The molecule has 0 N–H and O–H groups in total. The highest BCUT2D eigenvalue weighted by atomic mass is 16.6. The molecule has 0 aliphatic carbocycles. The van der Waals surface area contributed by atoms with Crippen LogP contribution in [0.2, 0.25) is 0 Å². The largest absolute Gasteiger partial charge is 0.490 e. The third-order valence-electron chi connectivity index (χ3n) is 4.24. The molecule has 0 saturated carbocycles. The maximum Gasteiger partial charge on any atom is 0.126 e. The van der Waals surface area contributed by atoms with Gasteiger partial charge in [-0.15, -0.1) is 0 Å². The summed E-state index contributed by atoms with van der Waals surface area (Å²) in [7, 11) is 1.54. The Balaban J connectivity index is 2.22. The summed E-state index contributed by atoms with van der Waals surface area (Å²) in [6, 6.07) is 12.2. The molecule has 0 fully saturated rings. The van der Waals surface area contributed by atoms with Crippen molar-refractivity contribution in [3.05, 3.63) is 70.8 Å². The lowest BCUT2D eigenvalue weighted by atomic mass is 10.0. The zero-order valence-corrected chi connectivity index (χ0v) is 16.9. The van der Waals surface area contributed by atoms with Crippen LogP contribution in [0.4, 0.5) is 0 Å². The molecule has 4 heteroatoms. The molecule has 27 heavy (non-hydrogen) atoms. The second-order valence-corrected chi connectivity index (χ2v) is 6.37. The lowest BCUT2D eigenvalue weighted by Crippen LogP contribution is -2.09. The summed E-state index contributed by atoms with van der Waals surface area (Å²) in [5.41, 5.74) is 4.24. The van der Waals surface area contributed by atoms with Gasteiger partial charge in [-0.05, 0) is 67.6 Å². The smallest absolute Gasteiger partial charge is 0.126 e. The summed E-state index contributed by atoms with van der Waals surface area (Å²) in [4.78, 5) is 4.77. The zero-order chi connectivity index (χ0) is 19.6. The molecule has 0 aliphatic heterocycles. The van der Waals surface area contributed by atoms with Crippen molar-refractivity contribution >= 4 is 6.21 Å². The van der Waals surface area contributed by atoms with E-state index in [0.29, 0.717) is 6.61 Å². The van der Waals surface area contributed by atoms with Crippen LogP contribution in [0.25, 0.3) is 0 Å². The Morgan fingerprint density at radius 3 is 2.48 bits per heavy atom. The van der Waals surface area contributed by atoms with Gasteiger partial charge in [0.25, 0.3) is 0 Å². The monoisotopic (exact) mass is 367 g/mol. The van der Waals surface area contributed by atoms with Crippen molar-refractivity contribution in [3.8, 4) is 11.5 Å². The number of nitrogens with zero attached hydrogens (tertiary/aromatic N) is 1. The summed E-state index contributed by atoms with van der Waals surface area (Å²) >= 11 is 0. The molecule has 2 aromatic carbocycles. The molecule has 1 atom stereocenters. The van der Waals surface area contributed by atoms with Crippen molar-refractivity contribution < 1.29 is 14.3 Å². The molecule has 4 nitrogen and oxygen atoms in total. The Labute approximate surface area is 162 Å². The molecular formula is C23H29NO3. The first kappa shape index (κ1) is 20.6. The van der Waals surface area contributed by atoms with Gasteiger partial charge in [-0.1, -0.05) is 42.4 Å². The SMILES string of the molecule is C/C=C/COc1cc(C)c(OC(CC)c2cccc(/C=N/OC)c2)c(C)c1. The normalized spacial score (nSPS) is 12.5. The van der Waals surface area contributed by atoms with Gasteiger partial charge in [-0.25, -0.2) is 0 Å².